The quantitative estimate of drug-likeness (QED) is 0.552. The number of benzene rings is 3. The molecule has 0 unspecified atom stereocenters. The molecule has 0 aliphatic rings. The van der Waals surface area contributed by atoms with Crippen LogP contribution in [0.5, 0.6) is 5.75 Å². The van der Waals surface area contributed by atoms with Gasteiger partial charge in [-0.15, -0.1) is 0 Å². The van der Waals surface area contributed by atoms with Gasteiger partial charge in [0.2, 0.25) is 0 Å². The first-order valence-electron chi connectivity index (χ1n) is 9.57. The number of nitrogens with zero attached hydrogens (tertiary/aromatic N) is 1. The summed E-state index contributed by atoms with van der Waals surface area (Å²) in [7, 11) is 0. The predicted octanol–water partition coefficient (Wildman–Crippen LogP) is 5.18. The molecule has 0 spiro atoms. The van der Waals surface area contributed by atoms with E-state index >= 15 is 0 Å². The molecule has 0 saturated heterocycles. The van der Waals surface area contributed by atoms with E-state index in [1.165, 1.54) is 0 Å². The second-order valence-electron chi connectivity index (χ2n) is 6.61. The largest absolute Gasteiger partial charge is 0.493 e. The highest BCUT2D eigenvalue weighted by atomic mass is 16.5. The van der Waals surface area contributed by atoms with E-state index in [0.717, 1.165) is 29.0 Å². The molecule has 28 heavy (non-hydrogen) atoms. The van der Waals surface area contributed by atoms with Crippen LogP contribution in [0.2, 0.25) is 0 Å². The molecule has 2 amide bonds. The molecule has 3 aromatic rings. The van der Waals surface area contributed by atoms with Crippen molar-refractivity contribution < 1.29 is 9.53 Å². The molecule has 0 aliphatic carbocycles. The van der Waals surface area contributed by atoms with E-state index < -0.39 is 0 Å². The first-order valence-corrected chi connectivity index (χ1v) is 9.57. The molecule has 0 aromatic heterocycles. The number of hydrogen-bond acceptors (Lipinski definition) is 2. The Bertz CT molecular complexity index is 866. The van der Waals surface area contributed by atoms with Crippen molar-refractivity contribution in [2.24, 2.45) is 0 Å². The van der Waals surface area contributed by atoms with Gasteiger partial charge in [-0.1, -0.05) is 66.7 Å². The Labute approximate surface area is 166 Å². The summed E-state index contributed by atoms with van der Waals surface area (Å²) in [6.07, 6.45) is 0.744. The first kappa shape index (κ1) is 19.5. The van der Waals surface area contributed by atoms with Gasteiger partial charge in [0.05, 0.1) is 13.2 Å². The van der Waals surface area contributed by atoms with Crippen molar-refractivity contribution >= 4 is 11.7 Å². The fourth-order valence-electron chi connectivity index (χ4n) is 2.92. The fourth-order valence-corrected chi connectivity index (χ4v) is 2.92. The van der Waals surface area contributed by atoms with Gasteiger partial charge in [-0.2, -0.15) is 0 Å². The second-order valence-corrected chi connectivity index (χ2v) is 6.61. The van der Waals surface area contributed by atoms with Crippen LogP contribution in [0.15, 0.2) is 84.9 Å². The number of carbonyl (C=O) groups is 1. The molecule has 0 heterocycles. The van der Waals surface area contributed by atoms with Crippen LogP contribution in [-0.2, 0) is 6.54 Å². The lowest BCUT2D eigenvalue weighted by Gasteiger charge is -2.23. The molecule has 0 bridgehead atoms. The average molecular weight is 374 g/mol. The van der Waals surface area contributed by atoms with Gasteiger partial charge in [0, 0.05) is 12.2 Å². The van der Waals surface area contributed by atoms with Crippen LogP contribution in [0.25, 0.3) is 0 Å². The minimum absolute atomic E-state index is 0.106. The molecule has 144 valence electrons. The molecule has 0 radical (unpaired) electrons. The topological polar surface area (TPSA) is 41.6 Å². The van der Waals surface area contributed by atoms with Crippen LogP contribution in [0.1, 0.15) is 17.5 Å². The highest BCUT2D eigenvalue weighted by Gasteiger charge is 2.15. The molecule has 3 rings (SSSR count). The number of urea groups is 1. The number of anilines is 1. The molecule has 3 aromatic carbocycles. The molecule has 0 aliphatic heterocycles. The standard InChI is InChI=1S/C24H26N2O2/c1-20-11-8-9-16-23(20)28-18-10-17-25-24(27)26(22-14-6-3-7-15-22)19-21-12-4-2-5-13-21/h2-9,11-16H,10,17-19H2,1H3,(H,25,27). The van der Waals surface area contributed by atoms with Crippen molar-refractivity contribution in [1.29, 1.82) is 0 Å². The summed E-state index contributed by atoms with van der Waals surface area (Å²) in [5.74, 6) is 0.892. The van der Waals surface area contributed by atoms with Gasteiger partial charge in [0.1, 0.15) is 5.75 Å². The smallest absolute Gasteiger partial charge is 0.322 e. The van der Waals surface area contributed by atoms with Gasteiger partial charge >= 0.3 is 6.03 Å². The number of ether oxygens (including phenoxy) is 1. The van der Waals surface area contributed by atoms with Crippen LogP contribution >= 0.6 is 0 Å². The Kier molecular flexibility index (Phi) is 7.08. The monoisotopic (exact) mass is 374 g/mol. The SMILES string of the molecule is Cc1ccccc1OCCCNC(=O)N(Cc1ccccc1)c1ccccc1. The van der Waals surface area contributed by atoms with Crippen LogP contribution < -0.4 is 15.0 Å². The Balaban J connectivity index is 1.53. The Morgan fingerprint density at radius 3 is 2.25 bits per heavy atom. The maximum Gasteiger partial charge on any atom is 0.322 e. The maximum atomic E-state index is 12.8. The summed E-state index contributed by atoms with van der Waals surface area (Å²) in [6, 6.07) is 27.6. The zero-order chi connectivity index (χ0) is 19.6. The number of amides is 2. The van der Waals surface area contributed by atoms with Crippen LogP contribution in [0.3, 0.4) is 0 Å². The van der Waals surface area contributed by atoms with Gasteiger partial charge in [-0.25, -0.2) is 4.79 Å². The zero-order valence-corrected chi connectivity index (χ0v) is 16.2. The minimum Gasteiger partial charge on any atom is -0.493 e. The summed E-state index contributed by atoms with van der Waals surface area (Å²) in [5.41, 5.74) is 3.08. The number of aryl methyl sites for hydroxylation is 1. The zero-order valence-electron chi connectivity index (χ0n) is 16.2. The molecular formula is C24H26N2O2. The van der Waals surface area contributed by atoms with Crippen LogP contribution in [-0.4, -0.2) is 19.2 Å². The van der Waals surface area contributed by atoms with Crippen LogP contribution in [0, 0.1) is 6.92 Å². The van der Waals surface area contributed by atoms with Gasteiger partial charge in [0.25, 0.3) is 0 Å². The molecule has 0 saturated carbocycles. The minimum atomic E-state index is -0.106. The highest BCUT2D eigenvalue weighted by molar-refractivity contribution is 5.91. The predicted molar refractivity (Wildman–Crippen MR) is 114 cm³/mol. The number of rotatable bonds is 8. The summed E-state index contributed by atoms with van der Waals surface area (Å²) >= 11 is 0. The normalized spacial score (nSPS) is 10.3. The van der Waals surface area contributed by atoms with Crippen molar-refractivity contribution in [1.82, 2.24) is 5.32 Å². The Morgan fingerprint density at radius 2 is 1.54 bits per heavy atom. The lowest BCUT2D eigenvalue weighted by Crippen LogP contribution is -2.40. The summed E-state index contributed by atoms with van der Waals surface area (Å²) < 4.78 is 5.79. The van der Waals surface area contributed by atoms with Gasteiger partial charge in [0.15, 0.2) is 0 Å². The molecule has 4 nitrogen and oxygen atoms in total. The van der Waals surface area contributed by atoms with Crippen LogP contribution in [0.4, 0.5) is 10.5 Å². The summed E-state index contributed by atoms with van der Waals surface area (Å²) in [5, 5.41) is 3.01. The van der Waals surface area contributed by atoms with Crippen molar-refractivity contribution in [2.45, 2.75) is 19.9 Å². The number of nitrogens with one attached hydrogen (secondary N) is 1. The van der Waals surface area contributed by atoms with E-state index in [1.54, 1.807) is 4.90 Å². The number of carbonyl (C=O) groups excluding carboxylic acids is 1. The molecule has 0 atom stereocenters. The maximum absolute atomic E-state index is 12.8. The van der Waals surface area contributed by atoms with Crippen molar-refractivity contribution in [3.05, 3.63) is 96.1 Å². The lowest BCUT2D eigenvalue weighted by atomic mass is 10.2. The number of hydrogen-bond donors (Lipinski definition) is 1. The average Bonchev–Trinajstić information content (AvgIpc) is 2.74. The van der Waals surface area contributed by atoms with E-state index in [-0.39, 0.29) is 6.03 Å². The lowest BCUT2D eigenvalue weighted by molar-refractivity contribution is 0.244. The second kappa shape index (κ2) is 10.2. The number of para-hydroxylation sites is 2. The van der Waals surface area contributed by atoms with E-state index in [9.17, 15) is 4.79 Å². The molecule has 0 fully saturated rings. The molecule has 4 heteroatoms. The van der Waals surface area contributed by atoms with Gasteiger partial charge < -0.3 is 10.1 Å². The van der Waals surface area contributed by atoms with E-state index in [1.807, 2.05) is 91.9 Å². The fraction of sp³-hybridized carbons (Fsp3) is 0.208. The van der Waals surface area contributed by atoms with Crippen molar-refractivity contribution in [3.8, 4) is 5.75 Å². The van der Waals surface area contributed by atoms with E-state index in [0.29, 0.717) is 19.7 Å². The van der Waals surface area contributed by atoms with Gasteiger partial charge in [-0.05, 0) is 42.7 Å². The highest BCUT2D eigenvalue weighted by Crippen LogP contribution is 2.18. The van der Waals surface area contributed by atoms with Gasteiger partial charge in [-0.3, -0.25) is 4.90 Å². The van der Waals surface area contributed by atoms with Crippen molar-refractivity contribution in [2.75, 3.05) is 18.1 Å². The van der Waals surface area contributed by atoms with E-state index in [4.69, 9.17) is 4.74 Å². The molecule has 1 N–H and O–H groups in total. The Morgan fingerprint density at radius 1 is 0.893 bits per heavy atom. The summed E-state index contributed by atoms with van der Waals surface area (Å²) in [4.78, 5) is 14.6. The first-order chi connectivity index (χ1) is 13.7. The Hall–Kier alpha value is -3.27. The third-order valence-electron chi connectivity index (χ3n) is 4.45. The third-order valence-corrected chi connectivity index (χ3v) is 4.45. The third kappa shape index (κ3) is 5.61. The van der Waals surface area contributed by atoms with E-state index in [2.05, 4.69) is 5.32 Å². The van der Waals surface area contributed by atoms with Crippen molar-refractivity contribution in [3.63, 3.8) is 0 Å². The summed E-state index contributed by atoms with van der Waals surface area (Å²) in [6.45, 7) is 3.67. The molecular weight excluding hydrogens is 348 g/mol.